The van der Waals surface area contributed by atoms with E-state index in [1.165, 1.54) is 49.8 Å². The van der Waals surface area contributed by atoms with E-state index >= 15 is 0 Å². The molecule has 45 heavy (non-hydrogen) atoms. The fraction of sp³-hybridized carbons (Fsp3) is 0.735. The van der Waals surface area contributed by atoms with Crippen LogP contribution in [0.1, 0.15) is 91.8 Å². The van der Waals surface area contributed by atoms with Crippen molar-refractivity contribution in [3.63, 3.8) is 0 Å². The van der Waals surface area contributed by atoms with Crippen molar-refractivity contribution in [2.75, 3.05) is 92.4 Å². The number of nitrogens with zero attached hydrogens (tertiary/aromatic N) is 1. The zero-order valence-corrected chi connectivity index (χ0v) is 27.3. The van der Waals surface area contributed by atoms with E-state index in [1.807, 2.05) is 0 Å². The molecule has 1 aliphatic heterocycles. The second kappa shape index (κ2) is 26.8. The number of rotatable bonds is 31. The van der Waals surface area contributed by atoms with Gasteiger partial charge in [0.25, 0.3) is 11.8 Å². The molecule has 2 rings (SSSR count). The van der Waals surface area contributed by atoms with Gasteiger partial charge in [-0.25, -0.2) is 0 Å². The summed E-state index contributed by atoms with van der Waals surface area (Å²) in [7, 11) is 0. The number of esters is 1. The Labute approximate surface area is 269 Å². The summed E-state index contributed by atoms with van der Waals surface area (Å²) in [6.45, 7) is 7.75. The Morgan fingerprint density at radius 2 is 0.911 bits per heavy atom. The van der Waals surface area contributed by atoms with Crippen LogP contribution in [0.4, 0.5) is 0 Å². The Morgan fingerprint density at radius 1 is 0.533 bits per heavy atom. The van der Waals surface area contributed by atoms with Crippen LogP contribution >= 0.6 is 0 Å². The fourth-order valence-electron chi connectivity index (χ4n) is 4.67. The molecular formula is C34H55NO10. The summed E-state index contributed by atoms with van der Waals surface area (Å²) in [5.41, 5.74) is 0.885. The molecular weight excluding hydrogens is 582 g/mol. The first-order valence-corrected chi connectivity index (χ1v) is 16.7. The summed E-state index contributed by atoms with van der Waals surface area (Å²) in [5.74, 6) is -0.700. The molecule has 0 saturated heterocycles. The van der Waals surface area contributed by atoms with Crippen LogP contribution in [-0.4, -0.2) is 115 Å². The van der Waals surface area contributed by atoms with Crippen molar-refractivity contribution < 1.29 is 47.5 Å². The summed E-state index contributed by atoms with van der Waals surface area (Å²) in [5, 5.41) is 0. The first-order chi connectivity index (χ1) is 22.1. The van der Waals surface area contributed by atoms with Crippen molar-refractivity contribution >= 4 is 17.8 Å². The maximum atomic E-state index is 12.3. The van der Waals surface area contributed by atoms with E-state index in [2.05, 4.69) is 6.92 Å². The molecule has 0 unspecified atom stereocenters. The highest BCUT2D eigenvalue weighted by Gasteiger charge is 2.34. The highest BCUT2D eigenvalue weighted by atomic mass is 16.6. The lowest BCUT2D eigenvalue weighted by Gasteiger charge is -2.13. The second-order valence-corrected chi connectivity index (χ2v) is 10.8. The number of hydrogen-bond donors (Lipinski definition) is 0. The van der Waals surface area contributed by atoms with Gasteiger partial charge in [-0.1, -0.05) is 70.4 Å². The number of benzene rings is 1. The van der Waals surface area contributed by atoms with Crippen LogP contribution in [0.5, 0.6) is 0 Å². The maximum absolute atomic E-state index is 12.3. The second-order valence-electron chi connectivity index (χ2n) is 10.8. The van der Waals surface area contributed by atoms with E-state index in [1.54, 1.807) is 24.3 Å². The molecule has 2 amide bonds. The van der Waals surface area contributed by atoms with Gasteiger partial charge in [0, 0.05) is 6.42 Å². The molecule has 0 N–H and O–H groups in total. The smallest absolute Gasteiger partial charge is 0.305 e. The standard InChI is InChI=1S/C34H55NO10/c1-2-3-4-5-6-7-8-9-10-15-32(36)45-29-28-44-27-26-43-25-24-42-23-22-41-21-20-40-19-18-39-17-16-35-33(37)30-13-11-12-14-31(30)34(35)38/h11-14H,2-10,15-29H2,1H3. The topological polar surface area (TPSA) is 119 Å². The average Bonchev–Trinajstić information content (AvgIpc) is 3.29. The molecule has 0 atom stereocenters. The molecule has 0 aliphatic carbocycles. The molecule has 11 nitrogen and oxygen atoms in total. The van der Waals surface area contributed by atoms with Gasteiger partial charge in [0.05, 0.1) is 97.0 Å². The molecule has 0 bridgehead atoms. The van der Waals surface area contributed by atoms with Gasteiger partial charge in [0.1, 0.15) is 6.61 Å². The number of imide groups is 1. The van der Waals surface area contributed by atoms with Crippen LogP contribution in [0.3, 0.4) is 0 Å². The normalized spacial score (nSPS) is 12.7. The molecule has 0 aromatic heterocycles. The fourth-order valence-corrected chi connectivity index (χ4v) is 4.67. The summed E-state index contributed by atoms with van der Waals surface area (Å²) in [4.78, 5) is 37.6. The van der Waals surface area contributed by atoms with Gasteiger partial charge in [-0.05, 0) is 18.6 Å². The predicted molar refractivity (Wildman–Crippen MR) is 170 cm³/mol. The van der Waals surface area contributed by atoms with Gasteiger partial charge in [-0.2, -0.15) is 0 Å². The van der Waals surface area contributed by atoms with Crippen molar-refractivity contribution in [3.8, 4) is 0 Å². The molecule has 11 heteroatoms. The molecule has 0 saturated carbocycles. The Morgan fingerprint density at radius 3 is 1.36 bits per heavy atom. The predicted octanol–water partition coefficient (Wildman–Crippen LogP) is 4.85. The Bertz CT molecular complexity index is 893. The Kier molecular flexibility index (Phi) is 23.1. The number of fused-ring (bicyclic) bond motifs is 1. The van der Waals surface area contributed by atoms with E-state index < -0.39 is 0 Å². The van der Waals surface area contributed by atoms with E-state index in [9.17, 15) is 14.4 Å². The molecule has 0 fully saturated rings. The minimum Gasteiger partial charge on any atom is -0.463 e. The Hall–Kier alpha value is -2.41. The molecule has 1 heterocycles. The number of carbonyl (C=O) groups is 3. The SMILES string of the molecule is CCCCCCCCCCCC(=O)OCCOCCOCCOCCOCCOCCOCCN1C(=O)c2ccccc2C1=O. The summed E-state index contributed by atoms with van der Waals surface area (Å²) in [6.07, 6.45) is 11.5. The lowest BCUT2D eigenvalue weighted by Crippen LogP contribution is -2.33. The lowest BCUT2D eigenvalue weighted by molar-refractivity contribution is -0.145. The highest BCUT2D eigenvalue weighted by molar-refractivity contribution is 6.21. The summed E-state index contributed by atoms with van der Waals surface area (Å²) < 4.78 is 38.0. The number of amides is 2. The summed E-state index contributed by atoms with van der Waals surface area (Å²) >= 11 is 0. The van der Waals surface area contributed by atoms with Crippen molar-refractivity contribution in [3.05, 3.63) is 35.4 Å². The molecule has 1 aliphatic rings. The monoisotopic (exact) mass is 637 g/mol. The number of carbonyl (C=O) groups excluding carboxylic acids is 3. The van der Waals surface area contributed by atoms with Crippen LogP contribution < -0.4 is 0 Å². The first kappa shape index (κ1) is 38.8. The van der Waals surface area contributed by atoms with Gasteiger partial charge in [0.15, 0.2) is 0 Å². The zero-order valence-electron chi connectivity index (χ0n) is 27.3. The van der Waals surface area contributed by atoms with Crippen LogP contribution in [0.2, 0.25) is 0 Å². The maximum Gasteiger partial charge on any atom is 0.305 e. The summed E-state index contributed by atoms with van der Waals surface area (Å²) in [6, 6.07) is 6.82. The van der Waals surface area contributed by atoms with Crippen LogP contribution in [0.15, 0.2) is 24.3 Å². The van der Waals surface area contributed by atoms with Crippen molar-refractivity contribution in [1.29, 1.82) is 0 Å². The third-order valence-corrected chi connectivity index (χ3v) is 7.17. The van der Waals surface area contributed by atoms with Crippen LogP contribution in [-0.2, 0) is 38.0 Å². The lowest BCUT2D eigenvalue weighted by atomic mass is 10.1. The third-order valence-electron chi connectivity index (χ3n) is 7.17. The van der Waals surface area contributed by atoms with Gasteiger partial charge in [0.2, 0.25) is 0 Å². The van der Waals surface area contributed by atoms with E-state index in [0.29, 0.717) is 90.2 Å². The van der Waals surface area contributed by atoms with Gasteiger partial charge in [-0.15, -0.1) is 0 Å². The minimum absolute atomic E-state index is 0.145. The van der Waals surface area contributed by atoms with Crippen molar-refractivity contribution in [2.24, 2.45) is 0 Å². The van der Waals surface area contributed by atoms with Crippen molar-refractivity contribution in [2.45, 2.75) is 71.1 Å². The number of ether oxygens (including phenoxy) is 7. The van der Waals surface area contributed by atoms with E-state index in [0.717, 1.165) is 12.8 Å². The highest BCUT2D eigenvalue weighted by Crippen LogP contribution is 2.21. The zero-order chi connectivity index (χ0) is 32.2. The average molecular weight is 638 g/mol. The number of unbranched alkanes of at least 4 members (excludes halogenated alkanes) is 8. The third kappa shape index (κ3) is 18.4. The molecule has 1 aromatic rings. The van der Waals surface area contributed by atoms with Gasteiger partial charge in [-0.3, -0.25) is 19.3 Å². The van der Waals surface area contributed by atoms with Gasteiger partial charge < -0.3 is 33.2 Å². The number of hydrogen-bond acceptors (Lipinski definition) is 10. The Balaban J connectivity index is 1.22. The molecule has 1 aromatic carbocycles. The molecule has 0 radical (unpaired) electrons. The van der Waals surface area contributed by atoms with Crippen LogP contribution in [0.25, 0.3) is 0 Å². The molecule has 0 spiro atoms. The first-order valence-electron chi connectivity index (χ1n) is 16.7. The van der Waals surface area contributed by atoms with Crippen molar-refractivity contribution in [1.82, 2.24) is 4.90 Å². The van der Waals surface area contributed by atoms with Crippen LogP contribution in [0, 0.1) is 0 Å². The molecule has 256 valence electrons. The largest absolute Gasteiger partial charge is 0.463 e. The van der Waals surface area contributed by atoms with Gasteiger partial charge >= 0.3 is 5.97 Å². The minimum atomic E-state index is -0.277. The van der Waals surface area contributed by atoms with E-state index in [4.69, 9.17) is 33.2 Å². The van der Waals surface area contributed by atoms with E-state index in [-0.39, 0.29) is 37.5 Å². The quantitative estimate of drug-likeness (QED) is 0.0635.